The first-order valence-corrected chi connectivity index (χ1v) is 16.5. The molecule has 3 aromatic carbocycles. The molecule has 7 atom stereocenters. The molecule has 2 aliphatic heterocycles. The first-order valence-electron chi connectivity index (χ1n) is 14.4. The van der Waals surface area contributed by atoms with E-state index in [1.807, 2.05) is 42.5 Å². The monoisotopic (exact) mass is 648 g/mol. The van der Waals surface area contributed by atoms with E-state index in [1.165, 1.54) is 40.5 Å². The van der Waals surface area contributed by atoms with Crippen molar-refractivity contribution in [3.05, 3.63) is 103 Å². The summed E-state index contributed by atoms with van der Waals surface area (Å²) in [6.07, 6.45) is 0.779. The van der Waals surface area contributed by atoms with Gasteiger partial charge in [-0.25, -0.2) is 4.39 Å². The van der Waals surface area contributed by atoms with E-state index in [1.54, 1.807) is 18.9 Å². The van der Waals surface area contributed by atoms with Crippen LogP contribution in [0.3, 0.4) is 0 Å². The number of methoxy groups -OCH3 is 1. The highest BCUT2D eigenvalue weighted by Crippen LogP contribution is 2.68. The summed E-state index contributed by atoms with van der Waals surface area (Å²) in [4.78, 5) is 45.4. The van der Waals surface area contributed by atoms with Crippen molar-refractivity contribution in [1.82, 2.24) is 4.98 Å². The van der Waals surface area contributed by atoms with Crippen LogP contribution in [-0.2, 0) is 16.2 Å². The molecular weight excluding hydrogens is 623 g/mol. The first-order chi connectivity index (χ1) is 21.3. The minimum Gasteiger partial charge on any atom is -0.493 e. The van der Waals surface area contributed by atoms with Gasteiger partial charge >= 0.3 is 4.87 Å². The molecular formula is C33H26ClFN2O5S2. The van der Waals surface area contributed by atoms with Crippen molar-refractivity contribution in [2.75, 3.05) is 12.0 Å². The molecule has 1 N–H and O–H groups in total. The number of anilines is 1. The fraction of sp³-hybridized carbons (Fsp3) is 0.303. The van der Waals surface area contributed by atoms with E-state index in [4.69, 9.17) is 21.1 Å². The van der Waals surface area contributed by atoms with Gasteiger partial charge in [0.1, 0.15) is 12.4 Å². The Hall–Kier alpha value is -3.60. The van der Waals surface area contributed by atoms with Crippen LogP contribution < -0.4 is 19.2 Å². The zero-order chi connectivity index (χ0) is 30.3. The Morgan fingerprint density at radius 2 is 1.68 bits per heavy atom. The average molecular weight is 649 g/mol. The smallest absolute Gasteiger partial charge is 0.305 e. The third-order valence-electron chi connectivity index (χ3n) is 9.66. The number of carbonyl (C=O) groups is 2. The highest BCUT2D eigenvalue weighted by atomic mass is 35.5. The Labute approximate surface area is 265 Å². The van der Waals surface area contributed by atoms with Crippen LogP contribution in [0.4, 0.5) is 10.1 Å². The topological polar surface area (TPSA) is 88.7 Å². The zero-order valence-corrected chi connectivity index (χ0v) is 25.8. The number of aromatic nitrogens is 1. The number of hydrogen-bond donors (Lipinski definition) is 1. The number of halogens is 2. The summed E-state index contributed by atoms with van der Waals surface area (Å²) in [6.45, 7) is 0.342. The molecule has 2 amide bonds. The number of benzene rings is 3. The van der Waals surface area contributed by atoms with Gasteiger partial charge in [-0.05, 0) is 83.8 Å². The first kappa shape index (κ1) is 27.9. The van der Waals surface area contributed by atoms with Gasteiger partial charge in [0.05, 0.1) is 29.7 Å². The fourth-order valence-corrected chi connectivity index (χ4v) is 11.0. The number of H-pyrrole nitrogens is 1. The highest BCUT2D eigenvalue weighted by molar-refractivity contribution is 8.00. The molecule has 6 unspecified atom stereocenters. The molecule has 3 heterocycles. The summed E-state index contributed by atoms with van der Waals surface area (Å²) in [5, 5.41) is 1.55. The van der Waals surface area contributed by atoms with Crippen molar-refractivity contribution >= 4 is 52.2 Å². The standard InChI is InChI=1S/C33H26ClFN2O5S2/c1-41-23-12-16(4-11-22(23)42-14-15-2-5-17(34)6-3-15)24-25-20-13-21(28(25)43-30-29(24)44-33(40)36-30)27-26(20)31(38)37(32(27)39)19-9-7-18(35)8-10-19/h2-12,20-21,24-28H,13-14H2,1H3,(H,36,40)/t20?,21?,24-,25?,26?,27?,28?/m1/s1. The van der Waals surface area contributed by atoms with Gasteiger partial charge in [0.25, 0.3) is 0 Å². The second kappa shape index (κ2) is 10.5. The number of amides is 2. The Morgan fingerprint density at radius 1 is 0.955 bits per heavy atom. The van der Waals surface area contributed by atoms with Crippen molar-refractivity contribution in [3.63, 3.8) is 0 Å². The molecule has 8 rings (SSSR count). The molecule has 0 radical (unpaired) electrons. The molecule has 4 aliphatic rings. The normalized spacial score (nSPS) is 28.2. The second-order valence-electron chi connectivity index (χ2n) is 11.8. The summed E-state index contributed by atoms with van der Waals surface area (Å²) in [7, 11) is 1.60. The predicted octanol–water partition coefficient (Wildman–Crippen LogP) is 6.49. The van der Waals surface area contributed by atoms with Crippen molar-refractivity contribution < 1.29 is 23.5 Å². The van der Waals surface area contributed by atoms with Crippen molar-refractivity contribution in [2.45, 2.75) is 29.2 Å². The quantitative estimate of drug-likeness (QED) is 0.240. The van der Waals surface area contributed by atoms with Crippen LogP contribution in [0, 0.1) is 35.4 Å². The van der Waals surface area contributed by atoms with Gasteiger partial charge in [0, 0.05) is 21.1 Å². The van der Waals surface area contributed by atoms with Crippen LogP contribution in [0.1, 0.15) is 28.3 Å². The Bertz CT molecular complexity index is 1860. The maximum absolute atomic E-state index is 13.9. The van der Waals surface area contributed by atoms with Crippen LogP contribution in [0.5, 0.6) is 11.5 Å². The maximum atomic E-state index is 13.9. The Balaban J connectivity index is 1.14. The summed E-state index contributed by atoms with van der Waals surface area (Å²) >= 11 is 8.87. The van der Waals surface area contributed by atoms with Gasteiger partial charge in [0.2, 0.25) is 11.8 Å². The molecule has 44 heavy (non-hydrogen) atoms. The number of thioether (sulfide) groups is 1. The third-order valence-corrected chi connectivity index (χ3v) is 12.5. The summed E-state index contributed by atoms with van der Waals surface area (Å²) in [6, 6.07) is 18.9. The number of thiazole rings is 1. The number of hydrogen-bond acceptors (Lipinski definition) is 7. The van der Waals surface area contributed by atoms with Crippen molar-refractivity contribution in [2.24, 2.45) is 29.6 Å². The number of carbonyl (C=O) groups excluding carboxylic acids is 2. The average Bonchev–Trinajstić information content (AvgIpc) is 3.76. The van der Waals surface area contributed by atoms with E-state index < -0.39 is 17.7 Å². The van der Waals surface area contributed by atoms with E-state index in [2.05, 4.69) is 4.98 Å². The van der Waals surface area contributed by atoms with E-state index in [-0.39, 0.29) is 45.6 Å². The van der Waals surface area contributed by atoms with E-state index in [9.17, 15) is 18.8 Å². The van der Waals surface area contributed by atoms with E-state index in [0.29, 0.717) is 28.8 Å². The molecule has 11 heteroatoms. The minimum absolute atomic E-state index is 0.00942. The zero-order valence-electron chi connectivity index (χ0n) is 23.4. The largest absolute Gasteiger partial charge is 0.493 e. The SMILES string of the molecule is COc1cc([C@H]2c3sc(=O)[nH]c3SC3C4CC(C5C(=O)N(c6ccc(F)cc6)C(=O)C45)C32)ccc1OCc1ccc(Cl)cc1. The van der Waals surface area contributed by atoms with E-state index in [0.717, 1.165) is 27.5 Å². The number of nitrogens with one attached hydrogen (secondary N) is 1. The number of aromatic amines is 1. The second-order valence-corrected chi connectivity index (χ2v) is 14.4. The Morgan fingerprint density at radius 3 is 2.41 bits per heavy atom. The molecule has 1 saturated heterocycles. The minimum atomic E-state index is -0.442. The molecule has 0 spiro atoms. The lowest BCUT2D eigenvalue weighted by Crippen LogP contribution is -2.42. The van der Waals surface area contributed by atoms with Crippen LogP contribution >= 0.6 is 34.7 Å². The van der Waals surface area contributed by atoms with Crippen LogP contribution in [-0.4, -0.2) is 29.2 Å². The molecule has 3 fully saturated rings. The lowest BCUT2D eigenvalue weighted by Gasteiger charge is -2.43. The van der Waals surface area contributed by atoms with Crippen LogP contribution in [0.15, 0.2) is 76.6 Å². The van der Waals surface area contributed by atoms with Gasteiger partial charge in [-0.2, -0.15) is 0 Å². The molecule has 1 aromatic heterocycles. The fourth-order valence-electron chi connectivity index (χ4n) is 7.97. The summed E-state index contributed by atoms with van der Waals surface area (Å²) in [5.74, 6) is -0.687. The number of rotatable bonds is 6. The third kappa shape index (κ3) is 4.25. The highest BCUT2D eigenvalue weighted by Gasteiger charge is 2.69. The number of fused-ring (bicyclic) bond motifs is 9. The van der Waals surface area contributed by atoms with Gasteiger partial charge in [0.15, 0.2) is 11.5 Å². The number of imide groups is 1. The van der Waals surface area contributed by atoms with Gasteiger partial charge in [-0.15, -0.1) is 11.8 Å². The van der Waals surface area contributed by atoms with Gasteiger partial charge in [-0.3, -0.25) is 19.3 Å². The van der Waals surface area contributed by atoms with Crippen molar-refractivity contribution in [3.8, 4) is 11.5 Å². The van der Waals surface area contributed by atoms with Gasteiger partial charge < -0.3 is 14.5 Å². The Kier molecular flexibility index (Phi) is 6.66. The lowest BCUT2D eigenvalue weighted by molar-refractivity contribution is -0.123. The predicted molar refractivity (Wildman–Crippen MR) is 166 cm³/mol. The van der Waals surface area contributed by atoms with E-state index >= 15 is 0 Å². The van der Waals surface area contributed by atoms with Crippen molar-refractivity contribution in [1.29, 1.82) is 0 Å². The number of nitrogens with zero attached hydrogens (tertiary/aromatic N) is 1. The molecule has 2 bridgehead atoms. The molecule has 7 nitrogen and oxygen atoms in total. The molecule has 2 saturated carbocycles. The molecule has 2 aliphatic carbocycles. The number of ether oxygens (including phenoxy) is 2. The molecule has 4 aromatic rings. The summed E-state index contributed by atoms with van der Waals surface area (Å²) in [5.41, 5.74) is 2.35. The van der Waals surface area contributed by atoms with Gasteiger partial charge in [-0.1, -0.05) is 41.1 Å². The van der Waals surface area contributed by atoms with Crippen LogP contribution in [0.2, 0.25) is 5.02 Å². The summed E-state index contributed by atoms with van der Waals surface area (Å²) < 4.78 is 25.5. The van der Waals surface area contributed by atoms with Crippen LogP contribution in [0.25, 0.3) is 0 Å². The lowest BCUT2D eigenvalue weighted by atomic mass is 9.68. The molecule has 224 valence electrons. The maximum Gasteiger partial charge on any atom is 0.305 e.